The van der Waals surface area contributed by atoms with Crippen molar-refractivity contribution in [3.63, 3.8) is 0 Å². The first-order valence-electron chi connectivity index (χ1n) is 10.0. The number of hydrogen-bond donors (Lipinski definition) is 0. The maximum atomic E-state index is 12.0. The predicted molar refractivity (Wildman–Crippen MR) is 128 cm³/mol. The summed E-state index contributed by atoms with van der Waals surface area (Å²) >= 11 is 0. The van der Waals surface area contributed by atoms with Gasteiger partial charge in [0.25, 0.3) is 8.32 Å². The minimum absolute atomic E-state index is 0.278. The zero-order chi connectivity index (χ0) is 21.6. The van der Waals surface area contributed by atoms with Crippen molar-refractivity contribution in [1.29, 1.82) is 0 Å². The van der Waals surface area contributed by atoms with E-state index >= 15 is 0 Å². The van der Waals surface area contributed by atoms with E-state index in [-0.39, 0.29) is 12.2 Å². The Bertz CT molecular complexity index is 890. The minimum atomic E-state index is -2.81. The summed E-state index contributed by atoms with van der Waals surface area (Å²) in [5.74, 6) is -0.370. The molecule has 0 bridgehead atoms. The average molecular weight is 433 g/mol. The fraction of sp³-hybridized carbons (Fsp3) is 0.160. The van der Waals surface area contributed by atoms with Crippen LogP contribution in [0.15, 0.2) is 103 Å². The molecule has 3 rings (SSSR count). The van der Waals surface area contributed by atoms with Gasteiger partial charge in [0.2, 0.25) is 8.32 Å². The molecule has 0 spiro atoms. The molecule has 5 heteroatoms. The summed E-state index contributed by atoms with van der Waals surface area (Å²) < 4.78 is 12.7. The lowest BCUT2D eigenvalue weighted by molar-refractivity contribution is -0.137. The number of hydrogen-bond acceptors (Lipinski definition) is 3. The maximum Gasteiger partial charge on any atom is 0.332 e. The van der Waals surface area contributed by atoms with Crippen LogP contribution >= 0.6 is 0 Å². The number of rotatable bonds is 8. The van der Waals surface area contributed by atoms with Gasteiger partial charge in [-0.25, -0.2) is 4.79 Å². The van der Waals surface area contributed by atoms with Gasteiger partial charge in [-0.05, 0) is 35.6 Å². The first-order valence-corrected chi connectivity index (χ1v) is 15.1. The Morgan fingerprint density at radius 1 is 0.767 bits per heavy atom. The van der Waals surface area contributed by atoms with Crippen LogP contribution in [-0.2, 0) is 13.6 Å². The fourth-order valence-corrected chi connectivity index (χ4v) is 11.9. The molecule has 0 aromatic heterocycles. The summed E-state index contributed by atoms with van der Waals surface area (Å²) in [4.78, 5) is 12.0. The lowest BCUT2D eigenvalue weighted by Crippen LogP contribution is -2.73. The second-order valence-corrected chi connectivity index (χ2v) is 15.7. The molecule has 154 valence electrons. The standard InChI is InChI=1S/C25H28O3Si2/c1-21(2)25(26)27-20-29(3,4)28-30(22-14-8-5-9-15-22,23-16-10-6-11-17-23)24-18-12-7-13-19-24/h5-19H,1,20H2,2-4H3. The smallest absolute Gasteiger partial charge is 0.332 e. The SMILES string of the molecule is C=C(C)C(=O)OC[Si](C)(C)O[Si](c1ccccc1)(c1ccccc1)c1ccccc1. The average Bonchev–Trinajstić information content (AvgIpc) is 2.77. The second kappa shape index (κ2) is 9.38. The Morgan fingerprint density at radius 3 is 1.47 bits per heavy atom. The molecule has 3 nitrogen and oxygen atoms in total. The Kier molecular flexibility index (Phi) is 6.87. The Labute approximate surface area is 181 Å². The van der Waals surface area contributed by atoms with Crippen LogP contribution in [0.1, 0.15) is 6.92 Å². The Hall–Kier alpha value is -2.74. The number of ether oxygens (including phenoxy) is 1. The van der Waals surface area contributed by atoms with E-state index in [9.17, 15) is 4.79 Å². The van der Waals surface area contributed by atoms with Crippen molar-refractivity contribution < 1.29 is 13.6 Å². The van der Waals surface area contributed by atoms with E-state index < -0.39 is 16.6 Å². The van der Waals surface area contributed by atoms with E-state index in [0.717, 1.165) is 0 Å². The van der Waals surface area contributed by atoms with E-state index in [2.05, 4.69) is 92.5 Å². The quantitative estimate of drug-likeness (QED) is 0.236. The summed E-state index contributed by atoms with van der Waals surface area (Å²) in [6, 6.07) is 31.3. The minimum Gasteiger partial charge on any atom is -0.463 e. The van der Waals surface area contributed by atoms with Gasteiger partial charge >= 0.3 is 5.97 Å². The van der Waals surface area contributed by atoms with Crippen molar-refractivity contribution in [2.75, 3.05) is 6.23 Å². The molecule has 30 heavy (non-hydrogen) atoms. The van der Waals surface area contributed by atoms with E-state index in [1.54, 1.807) is 6.92 Å². The van der Waals surface area contributed by atoms with Crippen molar-refractivity contribution in [1.82, 2.24) is 0 Å². The number of benzene rings is 3. The molecule has 0 aliphatic rings. The van der Waals surface area contributed by atoms with Gasteiger partial charge in [0.1, 0.15) is 6.23 Å². The van der Waals surface area contributed by atoms with E-state index in [4.69, 9.17) is 8.85 Å². The summed E-state index contributed by atoms with van der Waals surface area (Å²) in [5.41, 5.74) is 0.400. The molecule has 0 heterocycles. The topological polar surface area (TPSA) is 35.5 Å². The van der Waals surface area contributed by atoms with Gasteiger partial charge in [0.15, 0.2) is 0 Å². The van der Waals surface area contributed by atoms with Gasteiger partial charge in [-0.1, -0.05) is 97.6 Å². The summed E-state index contributed by atoms with van der Waals surface area (Å²) in [6.45, 7) is 9.56. The van der Waals surface area contributed by atoms with Gasteiger partial charge in [-0.15, -0.1) is 0 Å². The molecule has 0 atom stereocenters. The zero-order valence-corrected chi connectivity index (χ0v) is 19.8. The van der Waals surface area contributed by atoms with E-state index in [1.807, 2.05) is 18.2 Å². The highest BCUT2D eigenvalue weighted by Gasteiger charge is 2.46. The summed E-state index contributed by atoms with van der Waals surface area (Å²) in [6.07, 6.45) is 0.278. The summed E-state index contributed by atoms with van der Waals surface area (Å²) in [5, 5.41) is 3.53. The Morgan fingerprint density at radius 2 is 1.13 bits per heavy atom. The molecule has 0 N–H and O–H groups in total. The molecule has 0 aliphatic heterocycles. The molecule has 0 amide bonds. The second-order valence-electron chi connectivity index (χ2n) is 8.00. The molecule has 0 radical (unpaired) electrons. The molecule has 0 unspecified atom stereocenters. The molecule has 3 aromatic carbocycles. The molecule has 0 aliphatic carbocycles. The van der Waals surface area contributed by atoms with Crippen molar-refractivity contribution in [3.8, 4) is 0 Å². The fourth-order valence-electron chi connectivity index (χ4n) is 3.50. The van der Waals surface area contributed by atoms with Crippen molar-refractivity contribution in [2.45, 2.75) is 20.0 Å². The normalized spacial score (nSPS) is 11.7. The molecular formula is C25H28O3Si2. The van der Waals surface area contributed by atoms with Crippen LogP contribution in [0.3, 0.4) is 0 Å². The van der Waals surface area contributed by atoms with Crippen LogP contribution in [0.4, 0.5) is 0 Å². The molecule has 0 saturated heterocycles. The van der Waals surface area contributed by atoms with Gasteiger partial charge in [-0.2, -0.15) is 0 Å². The van der Waals surface area contributed by atoms with Gasteiger partial charge in [0, 0.05) is 5.57 Å². The van der Waals surface area contributed by atoms with Crippen molar-refractivity contribution in [2.24, 2.45) is 0 Å². The number of carbonyl (C=O) groups is 1. The van der Waals surface area contributed by atoms with Crippen molar-refractivity contribution in [3.05, 3.63) is 103 Å². The third-order valence-electron chi connectivity index (χ3n) is 4.87. The van der Waals surface area contributed by atoms with Crippen LogP contribution in [0.5, 0.6) is 0 Å². The highest BCUT2D eigenvalue weighted by Crippen LogP contribution is 2.17. The molecular weight excluding hydrogens is 404 g/mol. The number of esters is 1. The van der Waals surface area contributed by atoms with Crippen LogP contribution < -0.4 is 15.6 Å². The Balaban J connectivity index is 2.14. The lowest BCUT2D eigenvalue weighted by Gasteiger charge is -2.39. The molecule has 0 fully saturated rings. The maximum absolute atomic E-state index is 12.0. The van der Waals surface area contributed by atoms with Crippen LogP contribution in [-0.4, -0.2) is 28.8 Å². The number of carbonyl (C=O) groups excluding carboxylic acids is 1. The predicted octanol–water partition coefficient (Wildman–Crippen LogP) is 3.53. The van der Waals surface area contributed by atoms with E-state index in [0.29, 0.717) is 5.57 Å². The largest absolute Gasteiger partial charge is 0.463 e. The van der Waals surface area contributed by atoms with Gasteiger partial charge < -0.3 is 8.85 Å². The molecule has 0 saturated carbocycles. The monoisotopic (exact) mass is 432 g/mol. The summed E-state index contributed by atoms with van der Waals surface area (Å²) in [7, 11) is -5.23. The lowest BCUT2D eigenvalue weighted by atomic mass is 10.3. The third-order valence-corrected chi connectivity index (χ3v) is 12.6. The third kappa shape index (κ3) is 4.87. The van der Waals surface area contributed by atoms with Crippen LogP contribution in [0.25, 0.3) is 0 Å². The highest BCUT2D eigenvalue weighted by molar-refractivity contribution is 7.10. The van der Waals surface area contributed by atoms with Gasteiger partial charge in [0.05, 0.1) is 0 Å². The van der Waals surface area contributed by atoms with E-state index in [1.165, 1.54) is 15.6 Å². The first kappa shape index (κ1) is 22.0. The first-order chi connectivity index (χ1) is 14.3. The van der Waals surface area contributed by atoms with Crippen molar-refractivity contribution >= 4 is 38.2 Å². The molecule has 3 aromatic rings. The highest BCUT2D eigenvalue weighted by atomic mass is 28.4. The van der Waals surface area contributed by atoms with Gasteiger partial charge in [-0.3, -0.25) is 0 Å². The zero-order valence-electron chi connectivity index (χ0n) is 17.8. The van der Waals surface area contributed by atoms with Crippen LogP contribution in [0, 0.1) is 0 Å². The van der Waals surface area contributed by atoms with Crippen LogP contribution in [0.2, 0.25) is 13.1 Å².